The normalized spacial score (nSPS) is 11.9. The summed E-state index contributed by atoms with van der Waals surface area (Å²) >= 11 is 0. The fourth-order valence-corrected chi connectivity index (χ4v) is 2.61. The van der Waals surface area contributed by atoms with Gasteiger partial charge in [-0.2, -0.15) is 13.2 Å². The number of benzene rings is 2. The first-order chi connectivity index (χ1) is 15.4. The van der Waals surface area contributed by atoms with E-state index in [1.54, 1.807) is 6.07 Å². The average molecular weight is 470 g/mol. The number of esters is 1. The van der Waals surface area contributed by atoms with Gasteiger partial charge < -0.3 is 15.4 Å². The number of nitrogens with one attached hydrogen (secondary N) is 2. The molecule has 0 aromatic heterocycles. The largest absolute Gasteiger partial charge is 0.452 e. The second kappa shape index (κ2) is 10.4. The minimum Gasteiger partial charge on any atom is -0.452 e. The van der Waals surface area contributed by atoms with Crippen LogP contribution in [0.25, 0.3) is 0 Å². The van der Waals surface area contributed by atoms with Gasteiger partial charge in [0.25, 0.3) is 17.3 Å². The summed E-state index contributed by atoms with van der Waals surface area (Å²) in [4.78, 5) is 44.2. The summed E-state index contributed by atoms with van der Waals surface area (Å²) in [6.07, 6.45) is -6.77. The van der Waals surface area contributed by atoms with E-state index in [0.29, 0.717) is 0 Å². The number of ether oxygens (including phenoxy) is 1. The van der Waals surface area contributed by atoms with Crippen molar-refractivity contribution < 1.29 is 37.3 Å². The van der Waals surface area contributed by atoms with Gasteiger partial charge in [-0.1, -0.05) is 12.1 Å². The van der Waals surface area contributed by atoms with Crippen LogP contribution < -0.4 is 10.6 Å². The van der Waals surface area contributed by atoms with Crippen molar-refractivity contribution in [3.05, 3.63) is 68.3 Å². The van der Waals surface area contributed by atoms with Crippen molar-refractivity contribution in [2.24, 2.45) is 0 Å². The van der Waals surface area contributed by atoms with Gasteiger partial charge in [0.1, 0.15) is 5.69 Å². The molecule has 0 radical (unpaired) electrons. The van der Waals surface area contributed by atoms with E-state index in [1.807, 2.05) is 5.32 Å². The number of para-hydroxylation sites is 2. The Balaban J connectivity index is 1.96. The molecule has 0 saturated carbocycles. The zero-order chi connectivity index (χ0) is 24.8. The van der Waals surface area contributed by atoms with Gasteiger partial charge in [0.15, 0.2) is 6.10 Å². The van der Waals surface area contributed by atoms with Crippen molar-refractivity contribution >= 4 is 34.6 Å². The van der Waals surface area contributed by atoms with Gasteiger partial charge in [-0.05, 0) is 19.1 Å². The zero-order valence-corrected chi connectivity index (χ0v) is 16.9. The first-order valence-electron chi connectivity index (χ1n) is 9.23. The molecular weight excluding hydrogens is 453 g/mol. The molecule has 14 heteroatoms. The Morgan fingerprint density at radius 2 is 1.73 bits per heavy atom. The number of carbonyl (C=O) groups excluding carboxylic acids is 2. The van der Waals surface area contributed by atoms with Crippen LogP contribution in [0.5, 0.6) is 0 Å². The Kier molecular flexibility index (Phi) is 7.88. The smallest absolute Gasteiger partial charge is 0.418 e. The molecule has 2 aromatic carbocycles. The lowest BCUT2D eigenvalue weighted by atomic mass is 10.1. The molecule has 2 aromatic rings. The highest BCUT2D eigenvalue weighted by molar-refractivity contribution is 5.96. The molecule has 11 nitrogen and oxygen atoms in total. The Morgan fingerprint density at radius 3 is 2.33 bits per heavy atom. The summed E-state index contributed by atoms with van der Waals surface area (Å²) in [5, 5.41) is 26.3. The molecule has 0 saturated heterocycles. The van der Waals surface area contributed by atoms with E-state index in [0.717, 1.165) is 19.1 Å². The number of nitrogens with zero attached hydrogens (tertiary/aromatic N) is 2. The van der Waals surface area contributed by atoms with E-state index in [1.165, 1.54) is 18.2 Å². The van der Waals surface area contributed by atoms with Gasteiger partial charge in [-0.3, -0.25) is 29.8 Å². The second-order valence-electron chi connectivity index (χ2n) is 6.56. The second-order valence-corrected chi connectivity index (χ2v) is 6.56. The number of alkyl halides is 3. The third-order valence-corrected chi connectivity index (χ3v) is 4.20. The van der Waals surface area contributed by atoms with Crippen molar-refractivity contribution in [3.63, 3.8) is 0 Å². The Morgan fingerprint density at radius 1 is 1.06 bits per heavy atom. The summed E-state index contributed by atoms with van der Waals surface area (Å²) in [6.45, 7) is 1.06. The summed E-state index contributed by atoms with van der Waals surface area (Å²) in [5.41, 5.74) is -3.02. The standard InChI is InChI=1S/C19H17F3N4O7/c1-11(33-17(27)8-9-23-15-4-2-3-5-16(15)26(31)32)18(28)24-14-7-6-12(25(29)30)10-13(14)19(20,21)22/h2-7,10-11,23H,8-9H2,1H3,(H,24,28). The van der Waals surface area contributed by atoms with Crippen LogP contribution in [0.1, 0.15) is 18.9 Å². The maximum atomic E-state index is 13.2. The number of hydrogen-bond acceptors (Lipinski definition) is 8. The SMILES string of the molecule is CC(OC(=O)CCNc1ccccc1[N+](=O)[O-])C(=O)Nc1ccc([N+](=O)[O-])cc1C(F)(F)F. The monoisotopic (exact) mass is 470 g/mol. The van der Waals surface area contributed by atoms with E-state index < -0.39 is 50.9 Å². The third-order valence-electron chi connectivity index (χ3n) is 4.20. The van der Waals surface area contributed by atoms with E-state index in [4.69, 9.17) is 4.74 Å². The van der Waals surface area contributed by atoms with Crippen molar-refractivity contribution in [1.29, 1.82) is 0 Å². The van der Waals surface area contributed by atoms with Crippen LogP contribution in [0.15, 0.2) is 42.5 Å². The Labute approximate surface area is 183 Å². The maximum absolute atomic E-state index is 13.2. The number of halogens is 3. The predicted octanol–water partition coefficient (Wildman–Crippen LogP) is 3.89. The van der Waals surface area contributed by atoms with Crippen LogP contribution in [0.3, 0.4) is 0 Å². The summed E-state index contributed by atoms with van der Waals surface area (Å²) in [6, 6.07) is 7.50. The quantitative estimate of drug-likeness (QED) is 0.318. The molecule has 33 heavy (non-hydrogen) atoms. The lowest BCUT2D eigenvalue weighted by Crippen LogP contribution is -2.31. The molecular formula is C19H17F3N4O7. The zero-order valence-electron chi connectivity index (χ0n) is 16.9. The summed E-state index contributed by atoms with van der Waals surface area (Å²) in [7, 11) is 0. The number of anilines is 2. The van der Waals surface area contributed by atoms with Crippen molar-refractivity contribution in [2.75, 3.05) is 17.2 Å². The van der Waals surface area contributed by atoms with Gasteiger partial charge in [-0.25, -0.2) is 0 Å². The lowest BCUT2D eigenvalue weighted by molar-refractivity contribution is -0.385. The lowest BCUT2D eigenvalue weighted by Gasteiger charge is -2.17. The number of hydrogen-bond donors (Lipinski definition) is 2. The molecule has 2 rings (SSSR count). The van der Waals surface area contributed by atoms with Crippen LogP contribution in [-0.4, -0.2) is 34.4 Å². The number of nitro benzene ring substituents is 2. The van der Waals surface area contributed by atoms with Crippen molar-refractivity contribution in [2.45, 2.75) is 25.6 Å². The molecule has 0 aliphatic heterocycles. The molecule has 1 unspecified atom stereocenters. The van der Waals surface area contributed by atoms with Crippen LogP contribution in [-0.2, 0) is 20.5 Å². The molecule has 0 bridgehead atoms. The average Bonchev–Trinajstić information content (AvgIpc) is 2.73. The topological polar surface area (TPSA) is 154 Å². The van der Waals surface area contributed by atoms with Gasteiger partial charge >= 0.3 is 12.1 Å². The first kappa shape index (κ1) is 25.0. The van der Waals surface area contributed by atoms with Gasteiger partial charge in [-0.15, -0.1) is 0 Å². The van der Waals surface area contributed by atoms with E-state index >= 15 is 0 Å². The number of amides is 1. The Bertz CT molecular complexity index is 1080. The predicted molar refractivity (Wildman–Crippen MR) is 108 cm³/mol. The van der Waals surface area contributed by atoms with Gasteiger partial charge in [0, 0.05) is 24.7 Å². The highest BCUT2D eigenvalue weighted by Crippen LogP contribution is 2.37. The van der Waals surface area contributed by atoms with Crippen LogP contribution in [0.4, 0.5) is 35.9 Å². The Hall–Kier alpha value is -4.23. The molecule has 0 spiro atoms. The number of carbonyl (C=O) groups is 2. The minimum atomic E-state index is -4.99. The highest BCUT2D eigenvalue weighted by Gasteiger charge is 2.36. The molecule has 0 aliphatic rings. The maximum Gasteiger partial charge on any atom is 0.418 e. The molecule has 0 aliphatic carbocycles. The number of nitro groups is 2. The van der Waals surface area contributed by atoms with E-state index in [-0.39, 0.29) is 30.4 Å². The molecule has 0 fully saturated rings. The van der Waals surface area contributed by atoms with Crippen LogP contribution in [0, 0.1) is 20.2 Å². The van der Waals surface area contributed by atoms with Crippen LogP contribution >= 0.6 is 0 Å². The molecule has 0 heterocycles. The van der Waals surface area contributed by atoms with E-state index in [9.17, 15) is 43.0 Å². The fraction of sp³-hybridized carbons (Fsp3) is 0.263. The highest BCUT2D eigenvalue weighted by atomic mass is 19.4. The molecule has 1 atom stereocenters. The third kappa shape index (κ3) is 6.88. The van der Waals surface area contributed by atoms with Crippen molar-refractivity contribution in [3.8, 4) is 0 Å². The molecule has 176 valence electrons. The minimum absolute atomic E-state index is 0.0708. The summed E-state index contributed by atoms with van der Waals surface area (Å²) < 4.78 is 44.5. The fourth-order valence-electron chi connectivity index (χ4n) is 2.61. The first-order valence-corrected chi connectivity index (χ1v) is 9.23. The van der Waals surface area contributed by atoms with Crippen LogP contribution in [0.2, 0.25) is 0 Å². The van der Waals surface area contributed by atoms with Gasteiger partial charge in [0.2, 0.25) is 0 Å². The summed E-state index contributed by atoms with van der Waals surface area (Å²) in [5.74, 6) is -1.97. The van der Waals surface area contributed by atoms with Gasteiger partial charge in [0.05, 0.1) is 27.5 Å². The molecule has 1 amide bonds. The van der Waals surface area contributed by atoms with E-state index in [2.05, 4.69) is 5.32 Å². The number of rotatable bonds is 9. The molecule has 2 N–H and O–H groups in total. The number of non-ortho nitro benzene ring substituents is 1. The van der Waals surface area contributed by atoms with Crippen molar-refractivity contribution in [1.82, 2.24) is 0 Å².